The summed E-state index contributed by atoms with van der Waals surface area (Å²) in [5, 5.41) is 2.50. The van der Waals surface area contributed by atoms with Crippen LogP contribution in [0.15, 0.2) is 28.7 Å². The molecule has 0 aliphatic carbocycles. The van der Waals surface area contributed by atoms with Gasteiger partial charge in [-0.3, -0.25) is 4.79 Å². The van der Waals surface area contributed by atoms with E-state index in [0.29, 0.717) is 13.0 Å². The fraction of sp³-hybridized carbons (Fsp3) is 0.429. The molecule has 0 saturated heterocycles. The number of amides is 3. The molecule has 6 heteroatoms. The number of carbonyl (C=O) groups excluding carboxylic acids is 2. The van der Waals surface area contributed by atoms with E-state index < -0.39 is 12.1 Å². The van der Waals surface area contributed by atoms with Gasteiger partial charge in [-0.2, -0.15) is 0 Å². The first-order valence-electron chi connectivity index (χ1n) is 6.49. The third-order valence-corrected chi connectivity index (χ3v) is 3.43. The number of hydrogen-bond acceptors (Lipinski definition) is 2. The van der Waals surface area contributed by atoms with Crippen LogP contribution in [0, 0.1) is 0 Å². The highest BCUT2D eigenvalue weighted by atomic mass is 79.9. The van der Waals surface area contributed by atoms with E-state index in [1.807, 2.05) is 31.2 Å². The van der Waals surface area contributed by atoms with Crippen molar-refractivity contribution < 1.29 is 9.59 Å². The Balaban J connectivity index is 2.67. The van der Waals surface area contributed by atoms with Crippen LogP contribution in [0.5, 0.6) is 0 Å². The summed E-state index contributed by atoms with van der Waals surface area (Å²) in [6, 6.07) is 6.53. The van der Waals surface area contributed by atoms with Gasteiger partial charge in [0.15, 0.2) is 0 Å². The van der Waals surface area contributed by atoms with Crippen molar-refractivity contribution in [1.29, 1.82) is 0 Å². The average Bonchev–Trinajstić information content (AvgIpc) is 2.39. The molecular formula is C14H20BrN3O2. The van der Waals surface area contributed by atoms with Crippen LogP contribution in [0.4, 0.5) is 4.79 Å². The van der Waals surface area contributed by atoms with Gasteiger partial charge in [-0.15, -0.1) is 0 Å². The first kappa shape index (κ1) is 16.5. The molecule has 0 aliphatic heterocycles. The minimum absolute atomic E-state index is 0.131. The van der Waals surface area contributed by atoms with Crippen molar-refractivity contribution in [2.24, 2.45) is 5.73 Å². The summed E-state index contributed by atoms with van der Waals surface area (Å²) >= 11 is 3.37. The molecule has 0 bridgehead atoms. The maximum absolute atomic E-state index is 12.3. The predicted octanol–water partition coefficient (Wildman–Crippen LogP) is 2.24. The molecule has 1 atom stereocenters. The molecule has 0 radical (unpaired) electrons. The van der Waals surface area contributed by atoms with Crippen molar-refractivity contribution in [3.63, 3.8) is 0 Å². The number of benzene rings is 1. The van der Waals surface area contributed by atoms with E-state index in [9.17, 15) is 9.59 Å². The molecule has 0 spiro atoms. The SMILES string of the molecule is CCC[C@@H](NC(N)=O)C(=O)N(C)Cc1ccc(Br)cc1. The zero-order valence-electron chi connectivity index (χ0n) is 11.7. The lowest BCUT2D eigenvalue weighted by Gasteiger charge is -2.24. The van der Waals surface area contributed by atoms with Crippen LogP contribution in [0.1, 0.15) is 25.3 Å². The van der Waals surface area contributed by atoms with Crippen LogP contribution in [-0.2, 0) is 11.3 Å². The minimum Gasteiger partial charge on any atom is -0.352 e. The van der Waals surface area contributed by atoms with Crippen molar-refractivity contribution >= 4 is 27.9 Å². The first-order chi connectivity index (χ1) is 9.43. The fourth-order valence-electron chi connectivity index (χ4n) is 1.93. The van der Waals surface area contributed by atoms with Crippen LogP contribution in [0.3, 0.4) is 0 Å². The second-order valence-corrected chi connectivity index (χ2v) is 5.59. The highest BCUT2D eigenvalue weighted by Gasteiger charge is 2.22. The lowest BCUT2D eigenvalue weighted by atomic mass is 10.1. The molecule has 1 aromatic rings. The van der Waals surface area contributed by atoms with Crippen LogP contribution >= 0.6 is 15.9 Å². The zero-order chi connectivity index (χ0) is 15.1. The van der Waals surface area contributed by atoms with E-state index in [2.05, 4.69) is 21.2 Å². The van der Waals surface area contributed by atoms with Crippen molar-refractivity contribution in [3.8, 4) is 0 Å². The van der Waals surface area contributed by atoms with Crippen molar-refractivity contribution in [2.45, 2.75) is 32.4 Å². The first-order valence-corrected chi connectivity index (χ1v) is 7.28. The Hall–Kier alpha value is -1.56. The number of rotatable bonds is 6. The molecular weight excluding hydrogens is 322 g/mol. The normalized spacial score (nSPS) is 11.8. The average molecular weight is 342 g/mol. The monoisotopic (exact) mass is 341 g/mol. The fourth-order valence-corrected chi connectivity index (χ4v) is 2.19. The number of primary amides is 1. The van der Waals surface area contributed by atoms with Gasteiger partial charge in [0.25, 0.3) is 0 Å². The van der Waals surface area contributed by atoms with Crippen LogP contribution in [-0.4, -0.2) is 29.9 Å². The van der Waals surface area contributed by atoms with Gasteiger partial charge in [0.05, 0.1) is 0 Å². The van der Waals surface area contributed by atoms with Gasteiger partial charge < -0.3 is 16.0 Å². The highest BCUT2D eigenvalue weighted by Crippen LogP contribution is 2.12. The van der Waals surface area contributed by atoms with E-state index >= 15 is 0 Å². The van der Waals surface area contributed by atoms with E-state index in [1.54, 1.807) is 11.9 Å². The lowest BCUT2D eigenvalue weighted by molar-refractivity contribution is -0.132. The molecule has 0 saturated carbocycles. The Labute approximate surface area is 127 Å². The van der Waals surface area contributed by atoms with Gasteiger partial charge >= 0.3 is 6.03 Å². The maximum Gasteiger partial charge on any atom is 0.312 e. The highest BCUT2D eigenvalue weighted by molar-refractivity contribution is 9.10. The Morgan fingerprint density at radius 2 is 1.95 bits per heavy atom. The summed E-state index contributed by atoms with van der Waals surface area (Å²) in [5.41, 5.74) is 6.13. The molecule has 20 heavy (non-hydrogen) atoms. The predicted molar refractivity (Wildman–Crippen MR) is 82.0 cm³/mol. The Bertz CT molecular complexity index is 462. The molecule has 0 heterocycles. The van der Waals surface area contributed by atoms with Crippen molar-refractivity contribution in [3.05, 3.63) is 34.3 Å². The summed E-state index contributed by atoms with van der Waals surface area (Å²) in [6.07, 6.45) is 1.37. The van der Waals surface area contributed by atoms with Gasteiger partial charge in [0, 0.05) is 18.1 Å². The smallest absolute Gasteiger partial charge is 0.312 e. The van der Waals surface area contributed by atoms with Gasteiger partial charge in [-0.1, -0.05) is 41.4 Å². The largest absolute Gasteiger partial charge is 0.352 e. The van der Waals surface area contributed by atoms with Gasteiger partial charge in [0.1, 0.15) is 6.04 Å². The van der Waals surface area contributed by atoms with E-state index in [0.717, 1.165) is 16.5 Å². The zero-order valence-corrected chi connectivity index (χ0v) is 13.3. The Kier molecular flexibility index (Phi) is 6.51. The molecule has 0 unspecified atom stereocenters. The van der Waals surface area contributed by atoms with Crippen LogP contribution in [0.2, 0.25) is 0 Å². The number of likely N-dealkylation sites (N-methyl/N-ethyl adjacent to an activating group) is 1. The molecule has 110 valence electrons. The van der Waals surface area contributed by atoms with Crippen LogP contribution in [0.25, 0.3) is 0 Å². The Morgan fingerprint density at radius 3 is 2.45 bits per heavy atom. The summed E-state index contributed by atoms with van der Waals surface area (Å²) in [6.45, 7) is 2.45. The van der Waals surface area contributed by atoms with Crippen molar-refractivity contribution in [1.82, 2.24) is 10.2 Å². The van der Waals surface area contributed by atoms with Gasteiger partial charge in [0.2, 0.25) is 5.91 Å². The standard InChI is InChI=1S/C14H20BrN3O2/c1-3-4-12(17-14(16)20)13(19)18(2)9-10-5-7-11(15)8-6-10/h5-8,12H,3-4,9H2,1-2H3,(H3,16,17,20)/t12-/m1/s1. The minimum atomic E-state index is -0.672. The van der Waals surface area contributed by atoms with E-state index in [1.165, 1.54) is 0 Å². The maximum atomic E-state index is 12.3. The van der Waals surface area contributed by atoms with Gasteiger partial charge in [-0.05, 0) is 24.1 Å². The summed E-state index contributed by atoms with van der Waals surface area (Å²) in [5.74, 6) is -0.131. The quantitative estimate of drug-likeness (QED) is 0.832. The molecule has 1 aromatic carbocycles. The number of nitrogens with two attached hydrogens (primary N) is 1. The van der Waals surface area contributed by atoms with E-state index in [-0.39, 0.29) is 5.91 Å². The van der Waals surface area contributed by atoms with Crippen molar-refractivity contribution in [2.75, 3.05) is 7.05 Å². The van der Waals surface area contributed by atoms with Crippen LogP contribution < -0.4 is 11.1 Å². The molecule has 5 nitrogen and oxygen atoms in total. The Morgan fingerprint density at radius 1 is 1.35 bits per heavy atom. The number of urea groups is 1. The van der Waals surface area contributed by atoms with E-state index in [4.69, 9.17) is 5.73 Å². The second-order valence-electron chi connectivity index (χ2n) is 4.67. The summed E-state index contributed by atoms with van der Waals surface area (Å²) in [7, 11) is 1.72. The third kappa shape index (κ3) is 5.21. The number of carbonyl (C=O) groups is 2. The molecule has 0 aromatic heterocycles. The second kappa shape index (κ2) is 7.89. The molecule has 3 N–H and O–H groups in total. The number of nitrogens with zero attached hydrogens (tertiary/aromatic N) is 1. The van der Waals surface area contributed by atoms with Gasteiger partial charge in [-0.25, -0.2) is 4.79 Å². The summed E-state index contributed by atoms with van der Waals surface area (Å²) < 4.78 is 0.995. The number of halogens is 1. The number of hydrogen-bond donors (Lipinski definition) is 2. The molecule has 0 fully saturated rings. The summed E-state index contributed by atoms with van der Waals surface area (Å²) in [4.78, 5) is 24.8. The number of nitrogens with one attached hydrogen (secondary N) is 1. The topological polar surface area (TPSA) is 75.4 Å². The molecule has 3 amide bonds. The molecule has 1 rings (SSSR count). The molecule has 0 aliphatic rings. The lowest BCUT2D eigenvalue weighted by Crippen LogP contribution is -2.48. The third-order valence-electron chi connectivity index (χ3n) is 2.90.